The Morgan fingerprint density at radius 1 is 1.29 bits per heavy atom. The first kappa shape index (κ1) is 14.7. The molecule has 1 unspecified atom stereocenters. The van der Waals surface area contributed by atoms with Crippen molar-refractivity contribution in [2.45, 2.75) is 39.5 Å². The Balaban J connectivity index is 2.47. The summed E-state index contributed by atoms with van der Waals surface area (Å²) in [5.41, 5.74) is 1.33. The molecule has 1 N–H and O–H groups in total. The summed E-state index contributed by atoms with van der Waals surface area (Å²) >= 11 is 3.48. The van der Waals surface area contributed by atoms with E-state index >= 15 is 0 Å². The van der Waals surface area contributed by atoms with E-state index in [4.69, 9.17) is 0 Å². The first-order valence-corrected chi connectivity index (χ1v) is 7.35. The van der Waals surface area contributed by atoms with Gasteiger partial charge in [-0.2, -0.15) is 0 Å². The van der Waals surface area contributed by atoms with E-state index in [1.54, 1.807) is 0 Å². The molecule has 0 saturated carbocycles. The lowest BCUT2D eigenvalue weighted by Crippen LogP contribution is -2.25. The lowest BCUT2D eigenvalue weighted by atomic mass is 9.96. The minimum atomic E-state index is 0.725. The van der Waals surface area contributed by atoms with Crippen LogP contribution in [0.2, 0.25) is 0 Å². The van der Waals surface area contributed by atoms with Crippen molar-refractivity contribution in [3.63, 3.8) is 0 Å². The summed E-state index contributed by atoms with van der Waals surface area (Å²) in [4.78, 5) is 4.23. The highest BCUT2D eigenvalue weighted by molar-refractivity contribution is 9.10. The molecule has 0 bridgehead atoms. The van der Waals surface area contributed by atoms with Crippen LogP contribution < -0.4 is 5.32 Å². The molecule has 1 atom stereocenters. The van der Waals surface area contributed by atoms with Gasteiger partial charge in [0.25, 0.3) is 0 Å². The van der Waals surface area contributed by atoms with Crippen molar-refractivity contribution in [1.29, 1.82) is 0 Å². The Morgan fingerprint density at radius 2 is 2.12 bits per heavy atom. The second-order valence-corrected chi connectivity index (χ2v) is 5.49. The predicted molar refractivity (Wildman–Crippen MR) is 77.2 cm³/mol. The minimum absolute atomic E-state index is 0.725. The average molecular weight is 299 g/mol. The van der Waals surface area contributed by atoms with Crippen molar-refractivity contribution in [3.05, 3.63) is 28.5 Å². The van der Waals surface area contributed by atoms with Crippen LogP contribution in [0.25, 0.3) is 0 Å². The molecule has 0 aliphatic carbocycles. The van der Waals surface area contributed by atoms with Crippen molar-refractivity contribution in [1.82, 2.24) is 10.3 Å². The quantitative estimate of drug-likeness (QED) is 0.739. The zero-order chi connectivity index (χ0) is 12.5. The molecule has 0 aliphatic heterocycles. The summed E-state index contributed by atoms with van der Waals surface area (Å²) in [6, 6.07) is 2.18. The van der Waals surface area contributed by atoms with E-state index in [1.165, 1.54) is 24.8 Å². The fourth-order valence-electron chi connectivity index (χ4n) is 2.07. The Labute approximate surface area is 113 Å². The molecule has 0 spiro atoms. The number of halogens is 1. The van der Waals surface area contributed by atoms with Crippen molar-refractivity contribution in [3.8, 4) is 0 Å². The molecule has 0 fully saturated rings. The summed E-state index contributed by atoms with van der Waals surface area (Å²) in [6.07, 6.45) is 8.68. The Kier molecular flexibility index (Phi) is 7.45. The summed E-state index contributed by atoms with van der Waals surface area (Å²) in [7, 11) is 0. The fourth-order valence-corrected chi connectivity index (χ4v) is 2.48. The van der Waals surface area contributed by atoms with E-state index in [0.717, 1.165) is 29.9 Å². The number of nitrogens with zero attached hydrogens (tertiary/aromatic N) is 1. The lowest BCUT2D eigenvalue weighted by Gasteiger charge is -2.16. The standard InChI is InChI=1S/C14H23BrN2/c1-3-5-12(9-16-6-4-2)7-13-8-14(15)11-17-10-13/h8,10-12,16H,3-7,9H2,1-2H3. The second kappa shape index (κ2) is 8.65. The molecule has 3 heteroatoms. The Morgan fingerprint density at radius 3 is 2.76 bits per heavy atom. The highest BCUT2D eigenvalue weighted by atomic mass is 79.9. The maximum absolute atomic E-state index is 4.23. The highest BCUT2D eigenvalue weighted by Crippen LogP contribution is 2.16. The molecular formula is C14H23BrN2. The molecule has 1 aromatic heterocycles. The number of pyridine rings is 1. The molecule has 0 amide bonds. The van der Waals surface area contributed by atoms with E-state index < -0.39 is 0 Å². The third-order valence-electron chi connectivity index (χ3n) is 2.84. The van der Waals surface area contributed by atoms with Gasteiger partial charge in [-0.3, -0.25) is 4.98 Å². The molecule has 1 aromatic rings. The third-order valence-corrected chi connectivity index (χ3v) is 3.28. The number of nitrogens with one attached hydrogen (secondary N) is 1. The first-order valence-electron chi connectivity index (χ1n) is 6.56. The zero-order valence-corrected chi connectivity index (χ0v) is 12.5. The minimum Gasteiger partial charge on any atom is -0.316 e. The number of hydrogen-bond acceptors (Lipinski definition) is 2. The summed E-state index contributed by atoms with van der Waals surface area (Å²) in [5, 5.41) is 3.52. The van der Waals surface area contributed by atoms with E-state index in [9.17, 15) is 0 Å². The van der Waals surface area contributed by atoms with Crippen LogP contribution in [0.5, 0.6) is 0 Å². The van der Waals surface area contributed by atoms with Crippen molar-refractivity contribution >= 4 is 15.9 Å². The van der Waals surface area contributed by atoms with Gasteiger partial charge in [0.15, 0.2) is 0 Å². The van der Waals surface area contributed by atoms with Gasteiger partial charge in [-0.15, -0.1) is 0 Å². The van der Waals surface area contributed by atoms with Crippen LogP contribution in [0.15, 0.2) is 22.9 Å². The Bertz CT molecular complexity index is 315. The fraction of sp³-hybridized carbons (Fsp3) is 0.643. The highest BCUT2D eigenvalue weighted by Gasteiger charge is 2.08. The van der Waals surface area contributed by atoms with Gasteiger partial charge in [0, 0.05) is 16.9 Å². The van der Waals surface area contributed by atoms with Crippen LogP contribution in [-0.2, 0) is 6.42 Å². The largest absolute Gasteiger partial charge is 0.316 e. The molecule has 1 rings (SSSR count). The van der Waals surface area contributed by atoms with Crippen LogP contribution in [0.3, 0.4) is 0 Å². The topological polar surface area (TPSA) is 24.9 Å². The molecule has 0 aromatic carbocycles. The molecule has 0 aliphatic rings. The number of hydrogen-bond donors (Lipinski definition) is 1. The van der Waals surface area contributed by atoms with Gasteiger partial charge in [-0.1, -0.05) is 20.3 Å². The van der Waals surface area contributed by atoms with Crippen molar-refractivity contribution in [2.75, 3.05) is 13.1 Å². The summed E-state index contributed by atoms with van der Waals surface area (Å²) < 4.78 is 1.08. The van der Waals surface area contributed by atoms with Gasteiger partial charge in [0.2, 0.25) is 0 Å². The monoisotopic (exact) mass is 298 g/mol. The number of rotatable bonds is 8. The van der Waals surface area contributed by atoms with Crippen LogP contribution in [-0.4, -0.2) is 18.1 Å². The molecular weight excluding hydrogens is 276 g/mol. The molecule has 0 saturated heterocycles. The smallest absolute Gasteiger partial charge is 0.0410 e. The summed E-state index contributed by atoms with van der Waals surface area (Å²) in [6.45, 7) is 6.71. The zero-order valence-electron chi connectivity index (χ0n) is 10.9. The Hall–Kier alpha value is -0.410. The van der Waals surface area contributed by atoms with E-state index in [-0.39, 0.29) is 0 Å². The molecule has 17 heavy (non-hydrogen) atoms. The van der Waals surface area contributed by atoms with Gasteiger partial charge in [0.05, 0.1) is 0 Å². The number of aromatic nitrogens is 1. The second-order valence-electron chi connectivity index (χ2n) is 4.57. The van der Waals surface area contributed by atoms with Gasteiger partial charge in [-0.25, -0.2) is 0 Å². The molecule has 96 valence electrons. The third kappa shape index (κ3) is 6.18. The molecule has 0 radical (unpaired) electrons. The maximum atomic E-state index is 4.23. The predicted octanol–water partition coefficient (Wildman–Crippen LogP) is 3.80. The van der Waals surface area contributed by atoms with E-state index in [0.29, 0.717) is 0 Å². The SMILES string of the molecule is CCCNCC(CCC)Cc1cncc(Br)c1. The van der Waals surface area contributed by atoms with Crippen LogP contribution in [0.1, 0.15) is 38.7 Å². The van der Waals surface area contributed by atoms with Crippen molar-refractivity contribution in [2.24, 2.45) is 5.92 Å². The van der Waals surface area contributed by atoms with Gasteiger partial charge in [-0.05, 0) is 65.8 Å². The molecule has 1 heterocycles. The van der Waals surface area contributed by atoms with Crippen molar-refractivity contribution < 1.29 is 0 Å². The first-order chi connectivity index (χ1) is 8.26. The van der Waals surface area contributed by atoms with Gasteiger partial charge in [0.1, 0.15) is 0 Å². The van der Waals surface area contributed by atoms with Crippen LogP contribution in [0, 0.1) is 5.92 Å². The lowest BCUT2D eigenvalue weighted by molar-refractivity contribution is 0.438. The van der Waals surface area contributed by atoms with Gasteiger partial charge < -0.3 is 5.32 Å². The summed E-state index contributed by atoms with van der Waals surface area (Å²) in [5.74, 6) is 0.725. The average Bonchev–Trinajstić information content (AvgIpc) is 2.29. The molecule has 2 nitrogen and oxygen atoms in total. The van der Waals surface area contributed by atoms with Crippen LogP contribution in [0.4, 0.5) is 0 Å². The normalized spacial score (nSPS) is 12.6. The van der Waals surface area contributed by atoms with Crippen LogP contribution >= 0.6 is 15.9 Å². The van der Waals surface area contributed by atoms with Gasteiger partial charge >= 0.3 is 0 Å². The maximum Gasteiger partial charge on any atom is 0.0410 e. The van der Waals surface area contributed by atoms with E-state index in [1.807, 2.05) is 12.4 Å². The van der Waals surface area contributed by atoms with E-state index in [2.05, 4.69) is 46.1 Å².